The van der Waals surface area contributed by atoms with E-state index >= 15 is 0 Å². The summed E-state index contributed by atoms with van der Waals surface area (Å²) in [5.74, 6) is 0. The fourth-order valence-electron chi connectivity index (χ4n) is 1.45. The molecule has 98 valence electrons. The van der Waals surface area contributed by atoms with Crippen LogP contribution in [0.5, 0.6) is 0 Å². The number of nitriles is 1. The number of nitrogens with one attached hydrogen (secondary N) is 1. The summed E-state index contributed by atoms with van der Waals surface area (Å²) in [4.78, 5) is 0. The molecular formula is C13H15F3N2. The van der Waals surface area contributed by atoms with Crippen LogP contribution in [0, 0.1) is 16.7 Å². The van der Waals surface area contributed by atoms with Crippen LogP contribution in [0.15, 0.2) is 24.3 Å². The van der Waals surface area contributed by atoms with E-state index in [0.29, 0.717) is 13.0 Å². The third-order valence-electron chi connectivity index (χ3n) is 2.60. The van der Waals surface area contributed by atoms with Gasteiger partial charge in [-0.25, -0.2) is 0 Å². The van der Waals surface area contributed by atoms with Crippen molar-refractivity contribution in [3.05, 3.63) is 29.8 Å². The van der Waals surface area contributed by atoms with E-state index in [1.807, 2.05) is 0 Å². The second kappa shape index (κ2) is 5.30. The summed E-state index contributed by atoms with van der Waals surface area (Å²) >= 11 is 0. The molecule has 0 radical (unpaired) electrons. The van der Waals surface area contributed by atoms with Crippen molar-refractivity contribution in [1.29, 1.82) is 5.26 Å². The molecule has 0 aliphatic heterocycles. The van der Waals surface area contributed by atoms with Gasteiger partial charge >= 0.3 is 6.18 Å². The van der Waals surface area contributed by atoms with Crippen molar-refractivity contribution >= 4 is 5.69 Å². The van der Waals surface area contributed by atoms with Gasteiger partial charge in [-0.15, -0.1) is 0 Å². The Hall–Kier alpha value is -1.70. The first-order valence-electron chi connectivity index (χ1n) is 5.58. The topological polar surface area (TPSA) is 35.8 Å². The van der Waals surface area contributed by atoms with Crippen LogP contribution in [0.1, 0.15) is 25.8 Å². The molecule has 1 rings (SSSR count). The molecule has 0 fully saturated rings. The number of rotatable bonds is 4. The van der Waals surface area contributed by atoms with Crippen LogP contribution in [-0.4, -0.2) is 6.54 Å². The number of halogens is 3. The van der Waals surface area contributed by atoms with Gasteiger partial charge < -0.3 is 5.32 Å². The quantitative estimate of drug-likeness (QED) is 0.881. The summed E-state index contributed by atoms with van der Waals surface area (Å²) < 4.78 is 38.1. The Kier molecular flexibility index (Phi) is 4.23. The minimum atomic E-state index is -4.37. The van der Waals surface area contributed by atoms with E-state index in [1.54, 1.807) is 19.9 Å². The SMILES string of the molecule is CC(C)(C#N)CCNc1ccccc1C(F)(F)F. The molecule has 0 unspecified atom stereocenters. The predicted octanol–water partition coefficient (Wildman–Crippen LogP) is 4.06. The zero-order valence-corrected chi connectivity index (χ0v) is 10.3. The molecule has 0 atom stereocenters. The summed E-state index contributed by atoms with van der Waals surface area (Å²) in [6.07, 6.45) is -3.88. The third-order valence-corrected chi connectivity index (χ3v) is 2.60. The number of nitrogens with zero attached hydrogens (tertiary/aromatic N) is 1. The normalized spacial score (nSPS) is 12.0. The van der Waals surface area contributed by atoms with Gasteiger partial charge in [0, 0.05) is 12.2 Å². The van der Waals surface area contributed by atoms with Crippen LogP contribution in [0.2, 0.25) is 0 Å². The van der Waals surface area contributed by atoms with E-state index in [2.05, 4.69) is 11.4 Å². The number of alkyl halides is 3. The van der Waals surface area contributed by atoms with E-state index in [4.69, 9.17) is 5.26 Å². The average molecular weight is 256 g/mol. The van der Waals surface area contributed by atoms with Crippen molar-refractivity contribution in [3.63, 3.8) is 0 Å². The second-order valence-electron chi connectivity index (χ2n) is 4.72. The maximum atomic E-state index is 12.7. The Morgan fingerprint density at radius 1 is 1.22 bits per heavy atom. The monoisotopic (exact) mass is 256 g/mol. The van der Waals surface area contributed by atoms with Crippen LogP contribution in [0.25, 0.3) is 0 Å². The van der Waals surface area contributed by atoms with Gasteiger partial charge in [-0.3, -0.25) is 0 Å². The zero-order valence-electron chi connectivity index (χ0n) is 10.3. The summed E-state index contributed by atoms with van der Waals surface area (Å²) in [6, 6.07) is 7.44. The Morgan fingerprint density at radius 3 is 2.39 bits per heavy atom. The Morgan fingerprint density at radius 2 is 1.83 bits per heavy atom. The molecule has 18 heavy (non-hydrogen) atoms. The van der Waals surface area contributed by atoms with E-state index in [0.717, 1.165) is 6.07 Å². The molecule has 0 heterocycles. The smallest absolute Gasteiger partial charge is 0.384 e. The molecule has 1 N–H and O–H groups in total. The Balaban J connectivity index is 2.72. The number of anilines is 1. The first-order chi connectivity index (χ1) is 8.26. The van der Waals surface area contributed by atoms with E-state index in [-0.39, 0.29) is 5.69 Å². The van der Waals surface area contributed by atoms with Gasteiger partial charge in [-0.05, 0) is 32.4 Å². The third kappa shape index (κ3) is 3.95. The average Bonchev–Trinajstić information content (AvgIpc) is 2.28. The van der Waals surface area contributed by atoms with Gasteiger partial charge in [0.15, 0.2) is 0 Å². The second-order valence-corrected chi connectivity index (χ2v) is 4.72. The Labute approximate surface area is 104 Å². The molecule has 0 aromatic heterocycles. The highest BCUT2D eigenvalue weighted by molar-refractivity contribution is 5.52. The van der Waals surface area contributed by atoms with Gasteiger partial charge in [0.25, 0.3) is 0 Å². The first-order valence-corrected chi connectivity index (χ1v) is 5.58. The van der Waals surface area contributed by atoms with Crippen LogP contribution >= 0.6 is 0 Å². The minimum absolute atomic E-state index is 0.0544. The summed E-state index contributed by atoms with van der Waals surface area (Å²) in [5, 5.41) is 11.6. The van der Waals surface area contributed by atoms with Crippen molar-refractivity contribution in [2.75, 3.05) is 11.9 Å². The largest absolute Gasteiger partial charge is 0.418 e. The molecule has 0 aliphatic rings. The molecule has 0 bridgehead atoms. The molecule has 1 aromatic rings. The molecule has 0 amide bonds. The van der Waals surface area contributed by atoms with Crippen molar-refractivity contribution in [2.45, 2.75) is 26.4 Å². The van der Waals surface area contributed by atoms with E-state index in [9.17, 15) is 13.2 Å². The fraction of sp³-hybridized carbons (Fsp3) is 0.462. The fourth-order valence-corrected chi connectivity index (χ4v) is 1.45. The van der Waals surface area contributed by atoms with Crippen molar-refractivity contribution in [2.24, 2.45) is 5.41 Å². The first kappa shape index (κ1) is 14.4. The Bertz CT molecular complexity index is 444. The maximum absolute atomic E-state index is 12.7. The molecule has 0 aliphatic carbocycles. The van der Waals surface area contributed by atoms with Gasteiger partial charge in [0.2, 0.25) is 0 Å². The number of para-hydroxylation sites is 1. The predicted molar refractivity (Wildman–Crippen MR) is 63.9 cm³/mol. The number of hydrogen-bond donors (Lipinski definition) is 1. The van der Waals surface area contributed by atoms with Crippen LogP contribution < -0.4 is 5.32 Å². The lowest BCUT2D eigenvalue weighted by Crippen LogP contribution is -2.16. The lowest BCUT2D eigenvalue weighted by Gasteiger charge is -2.18. The molecule has 0 spiro atoms. The van der Waals surface area contributed by atoms with Crippen LogP contribution in [0.3, 0.4) is 0 Å². The van der Waals surface area contributed by atoms with Gasteiger partial charge in [0.05, 0.1) is 17.0 Å². The molecule has 0 saturated heterocycles. The lowest BCUT2D eigenvalue weighted by molar-refractivity contribution is -0.136. The standard InChI is InChI=1S/C13H15F3N2/c1-12(2,9-17)7-8-18-11-6-4-3-5-10(11)13(14,15)16/h3-6,18H,7-8H2,1-2H3. The van der Waals surface area contributed by atoms with Gasteiger partial charge in [-0.2, -0.15) is 18.4 Å². The van der Waals surface area contributed by atoms with Gasteiger partial charge in [0.1, 0.15) is 0 Å². The van der Waals surface area contributed by atoms with E-state index < -0.39 is 17.2 Å². The number of hydrogen-bond acceptors (Lipinski definition) is 2. The zero-order chi connectivity index (χ0) is 13.8. The highest BCUT2D eigenvalue weighted by atomic mass is 19.4. The van der Waals surface area contributed by atoms with Crippen molar-refractivity contribution in [3.8, 4) is 6.07 Å². The summed E-state index contributed by atoms with van der Waals surface area (Å²) in [6.45, 7) is 3.84. The number of benzene rings is 1. The van der Waals surface area contributed by atoms with Crippen molar-refractivity contribution < 1.29 is 13.2 Å². The van der Waals surface area contributed by atoms with Gasteiger partial charge in [-0.1, -0.05) is 12.1 Å². The van der Waals surface area contributed by atoms with Crippen LogP contribution in [0.4, 0.5) is 18.9 Å². The van der Waals surface area contributed by atoms with E-state index in [1.165, 1.54) is 12.1 Å². The van der Waals surface area contributed by atoms with Crippen LogP contribution in [-0.2, 0) is 6.18 Å². The summed E-state index contributed by atoms with van der Waals surface area (Å²) in [7, 11) is 0. The highest BCUT2D eigenvalue weighted by Crippen LogP contribution is 2.34. The molecular weight excluding hydrogens is 241 g/mol. The molecule has 0 saturated carbocycles. The highest BCUT2D eigenvalue weighted by Gasteiger charge is 2.33. The molecule has 1 aromatic carbocycles. The lowest BCUT2D eigenvalue weighted by atomic mass is 9.91. The maximum Gasteiger partial charge on any atom is 0.418 e. The van der Waals surface area contributed by atoms with Crippen molar-refractivity contribution in [1.82, 2.24) is 0 Å². The molecule has 2 nitrogen and oxygen atoms in total. The minimum Gasteiger partial charge on any atom is -0.384 e. The molecule has 5 heteroatoms. The summed E-state index contributed by atoms with van der Waals surface area (Å²) in [5.41, 5.74) is -1.17.